The van der Waals surface area contributed by atoms with E-state index in [0.717, 1.165) is 18.2 Å². The zero-order chi connectivity index (χ0) is 24.1. The first-order valence-electron chi connectivity index (χ1n) is 11.1. The Morgan fingerprint density at radius 1 is 1.30 bits per heavy atom. The van der Waals surface area contributed by atoms with Gasteiger partial charge in [0.25, 0.3) is 5.95 Å². The molecule has 8 nitrogen and oxygen atoms in total. The summed E-state index contributed by atoms with van der Waals surface area (Å²) in [7, 11) is 1.50. The number of hydrogen-bond donors (Lipinski definition) is 2. The molecule has 0 aliphatic rings. The van der Waals surface area contributed by atoms with Gasteiger partial charge in [0.05, 0.1) is 38.2 Å². The van der Waals surface area contributed by atoms with Crippen LogP contribution < -0.4 is 10.1 Å². The number of benzene rings is 1. The summed E-state index contributed by atoms with van der Waals surface area (Å²) < 4.78 is 16.2. The van der Waals surface area contributed by atoms with E-state index in [1.54, 1.807) is 24.3 Å². The molecule has 2 N–H and O–H groups in total. The number of hydrogen-bond acceptors (Lipinski definition) is 7. The SMILES string of the molecule is C=CCCCCOC(=O)CC(CCCC#N)(C(=O)NCCO)c1ccc2oc(OC)cc2c1. The summed E-state index contributed by atoms with van der Waals surface area (Å²) in [6.45, 7) is 3.76. The largest absolute Gasteiger partial charge is 0.468 e. The molecule has 1 aromatic carbocycles. The highest BCUT2D eigenvalue weighted by molar-refractivity contribution is 5.94. The predicted molar refractivity (Wildman–Crippen MR) is 124 cm³/mol. The molecule has 0 saturated carbocycles. The Bertz CT molecular complexity index is 977. The molecular weight excluding hydrogens is 424 g/mol. The van der Waals surface area contributed by atoms with E-state index in [2.05, 4.69) is 18.0 Å². The number of nitrogens with zero attached hydrogens (tertiary/aromatic N) is 1. The third-order valence-corrected chi connectivity index (χ3v) is 5.48. The minimum Gasteiger partial charge on any atom is -0.468 e. The van der Waals surface area contributed by atoms with Crippen LogP contribution in [-0.2, 0) is 19.7 Å². The maximum atomic E-state index is 13.4. The fourth-order valence-electron chi connectivity index (χ4n) is 3.76. The van der Waals surface area contributed by atoms with Crippen molar-refractivity contribution in [2.45, 2.75) is 50.4 Å². The summed E-state index contributed by atoms with van der Waals surface area (Å²) in [5.74, 6) is -0.552. The monoisotopic (exact) mass is 456 g/mol. The van der Waals surface area contributed by atoms with E-state index >= 15 is 0 Å². The van der Waals surface area contributed by atoms with Crippen molar-refractivity contribution in [1.29, 1.82) is 5.26 Å². The highest BCUT2D eigenvalue weighted by Crippen LogP contribution is 2.37. The molecule has 0 saturated heterocycles. The number of aliphatic hydroxyl groups is 1. The van der Waals surface area contributed by atoms with Crippen LogP contribution in [0.25, 0.3) is 11.0 Å². The molecule has 0 aliphatic carbocycles. The molecule has 1 amide bonds. The fraction of sp³-hybridized carbons (Fsp3) is 0.480. The summed E-state index contributed by atoms with van der Waals surface area (Å²) >= 11 is 0. The van der Waals surface area contributed by atoms with Crippen LogP contribution in [0.15, 0.2) is 41.3 Å². The Morgan fingerprint density at radius 3 is 2.82 bits per heavy atom. The zero-order valence-corrected chi connectivity index (χ0v) is 19.1. The molecule has 1 unspecified atom stereocenters. The number of aliphatic hydroxyl groups excluding tert-OH is 1. The first-order valence-corrected chi connectivity index (χ1v) is 11.1. The van der Waals surface area contributed by atoms with Crippen LogP contribution in [0.1, 0.15) is 50.5 Å². The van der Waals surface area contributed by atoms with Crippen molar-refractivity contribution in [1.82, 2.24) is 5.32 Å². The molecule has 1 aromatic heterocycles. The van der Waals surface area contributed by atoms with Crippen LogP contribution in [-0.4, -0.2) is 43.9 Å². The first kappa shape index (κ1) is 25.9. The van der Waals surface area contributed by atoms with Crippen molar-refractivity contribution in [2.24, 2.45) is 0 Å². The quantitative estimate of drug-likeness (QED) is 0.238. The Labute approximate surface area is 194 Å². The van der Waals surface area contributed by atoms with Gasteiger partial charge in [-0.05, 0) is 49.8 Å². The summed E-state index contributed by atoms with van der Waals surface area (Å²) in [6, 6.07) is 9.07. The maximum absolute atomic E-state index is 13.4. The number of fused-ring (bicyclic) bond motifs is 1. The van der Waals surface area contributed by atoms with Crippen molar-refractivity contribution < 1.29 is 28.6 Å². The number of carbonyl (C=O) groups is 2. The van der Waals surface area contributed by atoms with Crippen LogP contribution >= 0.6 is 0 Å². The van der Waals surface area contributed by atoms with Crippen LogP contribution in [0, 0.1) is 11.3 Å². The number of furan rings is 1. The van der Waals surface area contributed by atoms with Crippen LogP contribution in [0.3, 0.4) is 0 Å². The molecule has 2 rings (SSSR count). The van der Waals surface area contributed by atoms with Crippen molar-refractivity contribution in [2.75, 3.05) is 26.9 Å². The molecule has 0 fully saturated rings. The number of ether oxygens (including phenoxy) is 2. The van der Waals surface area contributed by atoms with E-state index in [4.69, 9.17) is 19.2 Å². The van der Waals surface area contributed by atoms with Gasteiger partial charge in [-0.1, -0.05) is 12.1 Å². The van der Waals surface area contributed by atoms with Gasteiger partial charge in [0, 0.05) is 24.4 Å². The second-order valence-corrected chi connectivity index (χ2v) is 7.78. The van der Waals surface area contributed by atoms with Gasteiger partial charge < -0.3 is 24.3 Å². The number of unbranched alkanes of at least 4 members (excludes halogenated alkanes) is 3. The lowest BCUT2D eigenvalue weighted by Crippen LogP contribution is -2.47. The lowest BCUT2D eigenvalue weighted by molar-refractivity contribution is -0.148. The zero-order valence-electron chi connectivity index (χ0n) is 19.1. The number of carbonyl (C=O) groups excluding carboxylic acids is 2. The van der Waals surface area contributed by atoms with Crippen molar-refractivity contribution in [3.8, 4) is 12.0 Å². The van der Waals surface area contributed by atoms with E-state index in [0.29, 0.717) is 29.9 Å². The summed E-state index contributed by atoms with van der Waals surface area (Å²) in [6.07, 6.45) is 4.97. The first-order chi connectivity index (χ1) is 16.0. The molecule has 8 heteroatoms. The average Bonchev–Trinajstić information content (AvgIpc) is 3.24. The highest BCUT2D eigenvalue weighted by Gasteiger charge is 2.42. The minimum absolute atomic E-state index is 0.0528. The topological polar surface area (TPSA) is 122 Å². The van der Waals surface area contributed by atoms with Gasteiger partial charge in [0.15, 0.2) is 0 Å². The standard InChI is InChI=1S/C25H32N2O6/c1-3-4-5-8-15-32-22(29)18-25(11-6-7-12-26,24(30)27-13-14-28)20-9-10-21-19(16-20)17-23(31-2)33-21/h3,9-10,16-17,28H,1,4-8,11,13-15,18H2,2H3,(H,27,30). The van der Waals surface area contributed by atoms with Crippen molar-refractivity contribution in [3.05, 3.63) is 42.5 Å². The number of esters is 1. The van der Waals surface area contributed by atoms with E-state index in [-0.39, 0.29) is 39.0 Å². The molecule has 0 aliphatic heterocycles. The second kappa shape index (κ2) is 13.3. The van der Waals surface area contributed by atoms with E-state index in [1.165, 1.54) is 7.11 Å². The smallest absolute Gasteiger partial charge is 0.307 e. The van der Waals surface area contributed by atoms with Gasteiger partial charge >= 0.3 is 5.97 Å². The van der Waals surface area contributed by atoms with Gasteiger partial charge in [-0.2, -0.15) is 5.26 Å². The Balaban J connectivity index is 2.39. The summed E-state index contributed by atoms with van der Waals surface area (Å²) in [5.41, 5.74) is -0.0688. The number of methoxy groups -OCH3 is 1. The molecule has 1 atom stereocenters. The van der Waals surface area contributed by atoms with Crippen LogP contribution in [0.2, 0.25) is 0 Å². The second-order valence-electron chi connectivity index (χ2n) is 7.78. The third kappa shape index (κ3) is 7.09. The molecule has 0 spiro atoms. The number of allylic oxidation sites excluding steroid dienone is 1. The molecule has 2 aromatic rings. The molecular formula is C25H32N2O6. The average molecular weight is 457 g/mol. The molecule has 178 valence electrons. The Kier molecular flexibility index (Phi) is 10.4. The number of nitrogens with one attached hydrogen (secondary N) is 1. The normalized spacial score (nSPS) is 12.5. The molecule has 0 bridgehead atoms. The van der Waals surface area contributed by atoms with Crippen LogP contribution in [0.5, 0.6) is 5.95 Å². The Morgan fingerprint density at radius 2 is 2.12 bits per heavy atom. The number of rotatable bonds is 15. The summed E-state index contributed by atoms with van der Waals surface area (Å²) in [4.78, 5) is 26.2. The van der Waals surface area contributed by atoms with Gasteiger partial charge in [-0.3, -0.25) is 9.59 Å². The van der Waals surface area contributed by atoms with E-state index in [1.807, 2.05) is 6.08 Å². The van der Waals surface area contributed by atoms with Gasteiger partial charge in [0.2, 0.25) is 5.91 Å². The predicted octanol–water partition coefficient (Wildman–Crippen LogP) is 3.77. The Hall–Kier alpha value is -3.31. The van der Waals surface area contributed by atoms with Gasteiger partial charge in [-0.15, -0.1) is 6.58 Å². The third-order valence-electron chi connectivity index (χ3n) is 5.48. The minimum atomic E-state index is -1.26. The maximum Gasteiger partial charge on any atom is 0.307 e. The lowest BCUT2D eigenvalue weighted by atomic mass is 9.72. The molecule has 0 radical (unpaired) electrons. The molecule has 33 heavy (non-hydrogen) atoms. The van der Waals surface area contributed by atoms with E-state index < -0.39 is 17.3 Å². The van der Waals surface area contributed by atoms with Crippen molar-refractivity contribution >= 4 is 22.8 Å². The van der Waals surface area contributed by atoms with Crippen LogP contribution in [0.4, 0.5) is 0 Å². The molecule has 1 heterocycles. The van der Waals surface area contributed by atoms with Gasteiger partial charge in [-0.25, -0.2) is 0 Å². The van der Waals surface area contributed by atoms with E-state index in [9.17, 15) is 14.7 Å². The lowest BCUT2D eigenvalue weighted by Gasteiger charge is -2.32. The highest BCUT2D eigenvalue weighted by atomic mass is 16.6. The van der Waals surface area contributed by atoms with Crippen molar-refractivity contribution in [3.63, 3.8) is 0 Å². The van der Waals surface area contributed by atoms with Gasteiger partial charge in [0.1, 0.15) is 5.58 Å². The number of amides is 1. The summed E-state index contributed by atoms with van der Waals surface area (Å²) in [5, 5.41) is 21.7. The number of nitriles is 1. The fourth-order valence-corrected chi connectivity index (χ4v) is 3.76.